The normalized spacial score (nSPS) is 12.1. The molecule has 1 N–H and O–H groups in total. The van der Waals surface area contributed by atoms with Crippen molar-refractivity contribution in [1.29, 1.82) is 0 Å². The predicted octanol–water partition coefficient (Wildman–Crippen LogP) is 6.46. The summed E-state index contributed by atoms with van der Waals surface area (Å²) in [6.07, 6.45) is 4.76. The summed E-state index contributed by atoms with van der Waals surface area (Å²) in [6, 6.07) is 19.0. The zero-order valence-corrected chi connectivity index (χ0v) is 20.4. The van der Waals surface area contributed by atoms with Crippen LogP contribution in [-0.2, 0) is 24.1 Å². The molecule has 3 aromatic carbocycles. The monoisotopic (exact) mass is 491 g/mol. The van der Waals surface area contributed by atoms with E-state index in [0.29, 0.717) is 17.5 Å². The Morgan fingerprint density at radius 3 is 2.42 bits per heavy atom. The molecule has 0 aliphatic rings. The summed E-state index contributed by atoms with van der Waals surface area (Å²) >= 11 is 0. The number of aliphatic hydroxyl groups excluding tert-OH is 1. The lowest BCUT2D eigenvalue weighted by atomic mass is 10.0. The second-order valence-corrected chi connectivity index (χ2v) is 9.12. The first-order valence-corrected chi connectivity index (χ1v) is 12.4. The fourth-order valence-electron chi connectivity index (χ4n) is 4.46. The Morgan fingerprint density at radius 2 is 1.69 bits per heavy atom. The van der Waals surface area contributed by atoms with E-state index in [4.69, 9.17) is 4.74 Å². The summed E-state index contributed by atoms with van der Waals surface area (Å²) in [7, 11) is 0. The van der Waals surface area contributed by atoms with Crippen LogP contribution in [0.5, 0.6) is 0 Å². The highest BCUT2D eigenvalue weighted by Crippen LogP contribution is 2.26. The van der Waals surface area contributed by atoms with Crippen molar-refractivity contribution in [2.24, 2.45) is 0 Å². The van der Waals surface area contributed by atoms with E-state index in [1.54, 1.807) is 41.1 Å². The molecule has 1 heterocycles. The Balaban J connectivity index is 1.49. The fraction of sp³-hybridized carbons (Fsp3) is 0.300. The van der Waals surface area contributed by atoms with Crippen LogP contribution in [0.3, 0.4) is 0 Å². The number of halogens is 2. The molecular formula is C30H31F2NO3. The molecule has 4 rings (SSSR count). The number of aryl methyl sites for hydroxylation is 1. The minimum atomic E-state index is -0.923. The Kier molecular flexibility index (Phi) is 8.49. The zero-order valence-electron chi connectivity index (χ0n) is 20.4. The number of rotatable bonds is 11. The summed E-state index contributed by atoms with van der Waals surface area (Å²) in [4.78, 5) is 12.2. The van der Waals surface area contributed by atoms with Gasteiger partial charge in [-0.2, -0.15) is 0 Å². The molecule has 0 aliphatic heterocycles. The van der Waals surface area contributed by atoms with Crippen molar-refractivity contribution in [2.45, 2.75) is 51.7 Å². The Hall–Kier alpha value is -3.51. The van der Waals surface area contributed by atoms with Crippen LogP contribution in [0.4, 0.5) is 8.78 Å². The van der Waals surface area contributed by atoms with Crippen molar-refractivity contribution in [3.63, 3.8) is 0 Å². The molecule has 0 spiro atoms. The van der Waals surface area contributed by atoms with E-state index in [-0.39, 0.29) is 25.1 Å². The number of nitrogens with zero attached hydrogens (tertiary/aromatic N) is 1. The number of hydrogen-bond acceptors (Lipinski definition) is 3. The summed E-state index contributed by atoms with van der Waals surface area (Å²) < 4.78 is 36.9. The van der Waals surface area contributed by atoms with E-state index in [1.165, 1.54) is 12.1 Å². The second-order valence-electron chi connectivity index (χ2n) is 9.12. The number of fused-ring (bicyclic) bond motifs is 1. The van der Waals surface area contributed by atoms with E-state index in [9.17, 15) is 18.7 Å². The van der Waals surface area contributed by atoms with Crippen LogP contribution >= 0.6 is 0 Å². The summed E-state index contributed by atoms with van der Waals surface area (Å²) in [5.41, 5.74) is 2.73. The number of aromatic nitrogens is 1. The molecule has 36 heavy (non-hydrogen) atoms. The Labute approximate surface area is 210 Å². The molecule has 0 saturated heterocycles. The van der Waals surface area contributed by atoms with E-state index in [2.05, 4.69) is 6.92 Å². The number of carbonyl (C=O) groups excluding carboxylic acids is 1. The molecule has 1 unspecified atom stereocenters. The highest BCUT2D eigenvalue weighted by molar-refractivity contribution is 5.89. The third kappa shape index (κ3) is 6.18. The van der Waals surface area contributed by atoms with Gasteiger partial charge >= 0.3 is 5.97 Å². The molecule has 4 aromatic rings. The minimum absolute atomic E-state index is 0.0129. The molecule has 4 nitrogen and oxygen atoms in total. The Morgan fingerprint density at radius 1 is 1.00 bits per heavy atom. The standard InChI is InChI=1S/C30H31F2NO3/c1-2-3-5-10-21-15-27(31)26(28(32)16-21)19-33-18-23(25-13-8-9-14-29(25)33)17-24(34)20-36-30(35)22-11-6-4-7-12-22/h4,6-9,11-16,18,24,34H,2-3,5,10,17,19-20H2,1H3. The van der Waals surface area contributed by atoms with Crippen LogP contribution < -0.4 is 0 Å². The van der Waals surface area contributed by atoms with Gasteiger partial charge in [0.15, 0.2) is 0 Å². The van der Waals surface area contributed by atoms with Crippen molar-refractivity contribution in [3.8, 4) is 0 Å². The maximum Gasteiger partial charge on any atom is 0.338 e. The van der Waals surface area contributed by atoms with Gasteiger partial charge in [-0.05, 0) is 54.3 Å². The van der Waals surface area contributed by atoms with Gasteiger partial charge in [0.1, 0.15) is 18.2 Å². The van der Waals surface area contributed by atoms with Gasteiger partial charge < -0.3 is 14.4 Å². The third-order valence-electron chi connectivity index (χ3n) is 6.34. The number of esters is 1. The largest absolute Gasteiger partial charge is 0.459 e. The topological polar surface area (TPSA) is 51.5 Å². The van der Waals surface area contributed by atoms with Crippen LogP contribution in [0.25, 0.3) is 10.9 Å². The number of para-hydroxylation sites is 1. The summed E-state index contributed by atoms with van der Waals surface area (Å²) in [6.45, 7) is 1.97. The number of carbonyl (C=O) groups is 1. The van der Waals surface area contributed by atoms with Crippen molar-refractivity contribution in [3.05, 3.63) is 107 Å². The first kappa shape index (κ1) is 25.6. The molecule has 0 saturated carbocycles. The lowest BCUT2D eigenvalue weighted by Gasteiger charge is -2.11. The number of ether oxygens (including phenoxy) is 1. The van der Waals surface area contributed by atoms with Gasteiger partial charge in [0.2, 0.25) is 0 Å². The molecular weight excluding hydrogens is 460 g/mol. The smallest absolute Gasteiger partial charge is 0.338 e. The number of hydrogen-bond donors (Lipinski definition) is 1. The first-order valence-electron chi connectivity index (χ1n) is 12.4. The highest BCUT2D eigenvalue weighted by atomic mass is 19.1. The molecule has 0 bridgehead atoms. The van der Waals surface area contributed by atoms with E-state index >= 15 is 0 Å². The molecule has 0 radical (unpaired) electrons. The molecule has 0 aliphatic carbocycles. The molecule has 1 atom stereocenters. The molecule has 1 aromatic heterocycles. The van der Waals surface area contributed by atoms with E-state index in [0.717, 1.165) is 35.7 Å². The van der Waals surface area contributed by atoms with E-state index in [1.807, 2.05) is 24.3 Å². The lowest BCUT2D eigenvalue weighted by Crippen LogP contribution is -2.21. The van der Waals surface area contributed by atoms with Crippen molar-refractivity contribution in [1.82, 2.24) is 4.57 Å². The second kappa shape index (κ2) is 12.0. The highest BCUT2D eigenvalue weighted by Gasteiger charge is 2.18. The maximum atomic E-state index is 14.9. The van der Waals surface area contributed by atoms with Crippen LogP contribution in [0.1, 0.15) is 53.2 Å². The maximum absolute atomic E-state index is 14.9. The van der Waals surface area contributed by atoms with Gasteiger partial charge in [0, 0.05) is 29.1 Å². The van der Waals surface area contributed by atoms with Crippen LogP contribution in [0.15, 0.2) is 72.9 Å². The number of unbranched alkanes of at least 4 members (excludes halogenated alkanes) is 2. The summed E-state index contributed by atoms with van der Waals surface area (Å²) in [5.74, 6) is -1.59. The average molecular weight is 492 g/mol. The SMILES string of the molecule is CCCCCc1cc(F)c(Cn2cc(CC(O)COC(=O)c3ccccc3)c3ccccc32)c(F)c1. The lowest BCUT2D eigenvalue weighted by molar-refractivity contribution is 0.0259. The number of benzene rings is 3. The minimum Gasteiger partial charge on any atom is -0.459 e. The van der Waals surface area contributed by atoms with Crippen LogP contribution in [-0.4, -0.2) is 28.4 Å². The number of aliphatic hydroxyl groups is 1. The quantitative estimate of drug-likeness (QED) is 0.193. The molecule has 0 amide bonds. The average Bonchev–Trinajstić information content (AvgIpc) is 3.22. The third-order valence-corrected chi connectivity index (χ3v) is 6.34. The van der Waals surface area contributed by atoms with Crippen molar-refractivity contribution in [2.75, 3.05) is 6.61 Å². The van der Waals surface area contributed by atoms with Crippen molar-refractivity contribution >= 4 is 16.9 Å². The predicted molar refractivity (Wildman–Crippen MR) is 137 cm³/mol. The van der Waals surface area contributed by atoms with Gasteiger partial charge in [-0.3, -0.25) is 0 Å². The van der Waals surface area contributed by atoms with Crippen LogP contribution in [0.2, 0.25) is 0 Å². The van der Waals surface area contributed by atoms with Gasteiger partial charge in [0.05, 0.1) is 18.2 Å². The first-order chi connectivity index (χ1) is 17.5. The summed E-state index contributed by atoms with van der Waals surface area (Å²) in [5, 5.41) is 11.4. The van der Waals surface area contributed by atoms with Gasteiger partial charge in [-0.15, -0.1) is 0 Å². The molecule has 188 valence electrons. The Bertz CT molecular complexity index is 1290. The van der Waals surface area contributed by atoms with Crippen LogP contribution in [0, 0.1) is 11.6 Å². The fourth-order valence-corrected chi connectivity index (χ4v) is 4.46. The molecule has 6 heteroatoms. The zero-order chi connectivity index (χ0) is 25.5. The van der Waals surface area contributed by atoms with Gasteiger partial charge in [-0.25, -0.2) is 13.6 Å². The van der Waals surface area contributed by atoms with E-state index < -0.39 is 23.7 Å². The van der Waals surface area contributed by atoms with Crippen molar-refractivity contribution < 1.29 is 23.4 Å². The molecule has 0 fully saturated rings. The van der Waals surface area contributed by atoms with Gasteiger partial charge in [-0.1, -0.05) is 56.2 Å². The van der Waals surface area contributed by atoms with Gasteiger partial charge in [0.25, 0.3) is 0 Å².